The van der Waals surface area contributed by atoms with Gasteiger partial charge in [-0.15, -0.1) is 32.8 Å². The van der Waals surface area contributed by atoms with Gasteiger partial charge in [-0.25, -0.2) is 19.6 Å². The summed E-state index contributed by atoms with van der Waals surface area (Å²) in [6.45, 7) is 15.0. The molecular weight excluding hydrogens is 891 g/mol. The van der Waals surface area contributed by atoms with Gasteiger partial charge >= 0.3 is 11.5 Å². The highest BCUT2D eigenvalue weighted by molar-refractivity contribution is 6.61. The summed E-state index contributed by atoms with van der Waals surface area (Å²) in [5, 5.41) is 25.2. The van der Waals surface area contributed by atoms with E-state index in [-0.39, 0.29) is 48.1 Å². The third-order valence-electron chi connectivity index (χ3n) is 10.0. The number of amides is 3. The van der Waals surface area contributed by atoms with Crippen molar-refractivity contribution in [2.45, 2.75) is 79.6 Å². The second-order valence-electron chi connectivity index (χ2n) is 15.2. The van der Waals surface area contributed by atoms with E-state index in [1.165, 1.54) is 5.56 Å². The van der Waals surface area contributed by atoms with Crippen LogP contribution in [0.3, 0.4) is 0 Å². The molecule has 0 fully saturated rings. The van der Waals surface area contributed by atoms with E-state index < -0.39 is 5.43 Å². The topological polar surface area (TPSA) is 239 Å². The van der Waals surface area contributed by atoms with Crippen LogP contribution in [0.4, 0.5) is 21.2 Å². The Balaban J connectivity index is 0.000000220. The lowest BCUT2D eigenvalue weighted by atomic mass is 10.0. The maximum atomic E-state index is 12.8. The fourth-order valence-corrected chi connectivity index (χ4v) is 6.87. The zero-order valence-electron chi connectivity index (χ0n) is 37.4. The molecular formula is C44H52Cl2N14O6. The molecule has 0 bridgehead atoms. The van der Waals surface area contributed by atoms with Gasteiger partial charge < -0.3 is 39.5 Å². The second-order valence-corrected chi connectivity index (χ2v) is 15.5. The molecule has 66 heavy (non-hydrogen) atoms. The number of halogens is 2. The summed E-state index contributed by atoms with van der Waals surface area (Å²) in [6.07, 6.45) is 8.08. The Hall–Kier alpha value is -6.90. The number of aromatic nitrogens is 10. The van der Waals surface area contributed by atoms with Gasteiger partial charge in [0.25, 0.3) is 11.8 Å². The van der Waals surface area contributed by atoms with Crippen molar-refractivity contribution in [3.05, 3.63) is 107 Å². The Kier molecular flexibility index (Phi) is 18.1. The average Bonchev–Trinajstić information content (AvgIpc) is 4.01. The third-order valence-corrected chi connectivity index (χ3v) is 10.1. The van der Waals surface area contributed by atoms with E-state index in [9.17, 15) is 19.2 Å². The van der Waals surface area contributed by atoms with Crippen LogP contribution in [0.25, 0.3) is 23.0 Å². The highest BCUT2D eigenvalue weighted by Crippen LogP contribution is 2.24. The minimum atomic E-state index is -0.738. The van der Waals surface area contributed by atoms with Crippen molar-refractivity contribution in [3.63, 3.8) is 0 Å². The minimum Gasteiger partial charge on any atom is -0.454 e. The summed E-state index contributed by atoms with van der Waals surface area (Å²) in [6, 6.07) is 14.7. The van der Waals surface area contributed by atoms with Gasteiger partial charge in [0, 0.05) is 55.7 Å². The number of carbonyl (C=O) groups is 4. The molecule has 3 amide bonds. The minimum absolute atomic E-state index is 0. The Bertz CT molecular complexity index is 2620. The number of nitrogens with one attached hydrogen (secondary N) is 3. The summed E-state index contributed by atoms with van der Waals surface area (Å²) in [7, 11) is 0. The number of anilines is 2. The molecule has 3 N–H and O–H groups in total. The van der Waals surface area contributed by atoms with Crippen LogP contribution in [0.15, 0.2) is 73.6 Å². The predicted molar refractivity (Wildman–Crippen MR) is 248 cm³/mol. The van der Waals surface area contributed by atoms with Crippen LogP contribution in [-0.2, 0) is 35.4 Å². The van der Waals surface area contributed by atoms with Gasteiger partial charge in [0.1, 0.15) is 47.1 Å². The lowest BCUT2D eigenvalue weighted by Crippen LogP contribution is -2.36. The second kappa shape index (κ2) is 23.9. The molecule has 6 aromatic rings. The standard InChI is InChI=1S/C22H25N7O3.C19H21N7O.C3H5ClO2.ClH/c1-4-32-22(31)28-9-8-15-11-23-18(10-16(15)12-28)21(30)26-19-7-5-6-17(25-19)20-27-24-13-29(20)14(2)3;1-12(2)26-11-22-25-18(26)15-4-3-5-17(23-15)24-19(27)16-8-14-9-20-7-6-13(14)10-21-16;1-2-6-3(4)5;/h5-7,10-11,13-14H,4,8-9,12H2,1-3H3,(H,25,26,30);3-5,8,10-12,20H,6-7,9H2,1-2H3,(H,23,24,27);2H2,1H3;1H. The summed E-state index contributed by atoms with van der Waals surface area (Å²) in [5.74, 6) is 1.47. The summed E-state index contributed by atoms with van der Waals surface area (Å²) < 4.78 is 13.1. The number of pyridine rings is 4. The van der Waals surface area contributed by atoms with E-state index >= 15 is 0 Å². The Labute approximate surface area is 392 Å². The number of carbonyl (C=O) groups excluding carboxylic acids is 4. The van der Waals surface area contributed by atoms with Crippen LogP contribution >= 0.6 is 24.0 Å². The Morgan fingerprint density at radius 3 is 1.73 bits per heavy atom. The van der Waals surface area contributed by atoms with Crippen LogP contribution < -0.4 is 16.0 Å². The lowest BCUT2D eigenvalue weighted by molar-refractivity contribution is 0.101. The molecule has 0 atom stereocenters. The largest absolute Gasteiger partial charge is 0.454 e. The van der Waals surface area contributed by atoms with Gasteiger partial charge in [-0.1, -0.05) is 12.1 Å². The first-order valence-electron chi connectivity index (χ1n) is 21.1. The summed E-state index contributed by atoms with van der Waals surface area (Å²) >= 11 is 4.72. The average molecular weight is 944 g/mol. The van der Waals surface area contributed by atoms with Crippen LogP contribution in [0.1, 0.15) is 96.9 Å². The predicted octanol–water partition coefficient (Wildman–Crippen LogP) is 7.10. The highest BCUT2D eigenvalue weighted by Gasteiger charge is 2.24. The molecule has 348 valence electrons. The lowest BCUT2D eigenvalue weighted by Gasteiger charge is -2.28. The first-order valence-corrected chi connectivity index (χ1v) is 21.5. The fraction of sp³-hybridized carbons (Fsp3) is 0.364. The molecule has 0 spiro atoms. The highest BCUT2D eigenvalue weighted by atomic mass is 35.5. The van der Waals surface area contributed by atoms with E-state index in [1.54, 1.807) is 68.1 Å². The zero-order chi connectivity index (χ0) is 46.5. The van der Waals surface area contributed by atoms with Crippen LogP contribution in [0, 0.1) is 0 Å². The Morgan fingerprint density at radius 2 is 1.24 bits per heavy atom. The van der Waals surface area contributed by atoms with Crippen LogP contribution in [-0.4, -0.2) is 104 Å². The van der Waals surface area contributed by atoms with E-state index in [2.05, 4.69) is 74.9 Å². The van der Waals surface area contributed by atoms with Gasteiger partial charge in [-0.3, -0.25) is 19.6 Å². The SMILES string of the molecule is CC(C)n1cnnc1-c1cccc(NC(=O)c2cc3c(cn2)CCNC3)n1.CCOC(=O)Cl.CCOC(=O)N1CCc2cnc(C(=O)Nc3cccc(-c4nncn4C(C)C)n3)cc2C1.Cl. The van der Waals surface area contributed by atoms with Gasteiger partial charge in [-0.2, -0.15) is 0 Å². The van der Waals surface area contributed by atoms with Crippen molar-refractivity contribution in [1.82, 2.24) is 59.7 Å². The first kappa shape index (κ1) is 50.1. The number of ether oxygens (including phenoxy) is 2. The number of fused-ring (bicyclic) bond motifs is 2. The number of nitrogens with zero attached hydrogens (tertiary/aromatic N) is 11. The van der Waals surface area contributed by atoms with Gasteiger partial charge in [0.2, 0.25) is 0 Å². The normalized spacial score (nSPS) is 12.5. The summed E-state index contributed by atoms with van der Waals surface area (Å²) in [5.41, 5.74) is 5.39. The van der Waals surface area contributed by atoms with E-state index in [0.29, 0.717) is 73.1 Å². The third kappa shape index (κ3) is 13.1. The maximum Gasteiger partial charge on any atom is 0.410 e. The molecule has 8 rings (SSSR count). The molecule has 0 saturated carbocycles. The number of rotatable bonds is 10. The quantitative estimate of drug-likeness (QED) is 0.116. The molecule has 0 unspecified atom stereocenters. The number of hydrogen-bond donors (Lipinski definition) is 3. The van der Waals surface area contributed by atoms with E-state index in [1.807, 2.05) is 47.2 Å². The molecule has 22 heteroatoms. The fourth-order valence-electron chi connectivity index (χ4n) is 6.76. The van der Waals surface area contributed by atoms with Gasteiger partial charge in [0.15, 0.2) is 11.6 Å². The molecule has 2 aliphatic heterocycles. The monoisotopic (exact) mass is 942 g/mol. The molecule has 20 nitrogen and oxygen atoms in total. The number of hydrogen-bond acceptors (Lipinski definition) is 15. The first-order chi connectivity index (χ1) is 31.3. The van der Waals surface area contributed by atoms with Crippen molar-refractivity contribution >= 4 is 59.0 Å². The van der Waals surface area contributed by atoms with Gasteiger partial charge in [0.05, 0.1) is 13.2 Å². The molecule has 8 heterocycles. The molecule has 0 aliphatic carbocycles. The zero-order valence-corrected chi connectivity index (χ0v) is 39.0. The summed E-state index contributed by atoms with van der Waals surface area (Å²) in [4.78, 5) is 66.3. The maximum absolute atomic E-state index is 12.8. The molecule has 0 saturated heterocycles. The molecule has 0 radical (unpaired) electrons. The van der Waals surface area contributed by atoms with Crippen molar-refractivity contribution < 1.29 is 28.7 Å². The van der Waals surface area contributed by atoms with Crippen molar-refractivity contribution in [1.29, 1.82) is 0 Å². The van der Waals surface area contributed by atoms with Crippen LogP contribution in [0.2, 0.25) is 0 Å². The van der Waals surface area contributed by atoms with Crippen molar-refractivity contribution in [3.8, 4) is 23.0 Å². The van der Waals surface area contributed by atoms with Gasteiger partial charge in [-0.05, 0) is 120 Å². The molecule has 6 aromatic heterocycles. The Morgan fingerprint density at radius 1 is 0.727 bits per heavy atom. The van der Waals surface area contributed by atoms with E-state index in [4.69, 9.17) is 16.3 Å². The van der Waals surface area contributed by atoms with Crippen molar-refractivity contribution in [2.24, 2.45) is 0 Å². The molecule has 0 aromatic carbocycles. The smallest absolute Gasteiger partial charge is 0.410 e. The van der Waals surface area contributed by atoms with Crippen molar-refractivity contribution in [2.75, 3.05) is 36.9 Å². The molecule has 2 aliphatic rings. The van der Waals surface area contributed by atoms with Crippen LogP contribution in [0.5, 0.6) is 0 Å². The van der Waals surface area contributed by atoms with E-state index in [0.717, 1.165) is 36.2 Å².